The number of ketones is 2. The summed E-state index contributed by atoms with van der Waals surface area (Å²) in [6.45, 7) is 5.94. The van der Waals surface area contributed by atoms with Crippen LogP contribution in [0.2, 0.25) is 0 Å². The van der Waals surface area contributed by atoms with E-state index in [-0.39, 0.29) is 23.9 Å². The van der Waals surface area contributed by atoms with E-state index in [1.807, 2.05) is 30.3 Å². The van der Waals surface area contributed by atoms with E-state index in [0.717, 1.165) is 54.6 Å². The zero-order chi connectivity index (χ0) is 21.4. The Morgan fingerprint density at radius 3 is 2.77 bits per heavy atom. The lowest BCUT2D eigenvalue weighted by atomic mass is 9.83. The lowest BCUT2D eigenvalue weighted by Gasteiger charge is -2.32. The maximum atomic E-state index is 12.5. The number of aromatic nitrogens is 1. The van der Waals surface area contributed by atoms with Crippen LogP contribution in [0.3, 0.4) is 0 Å². The molecule has 0 amide bonds. The minimum atomic E-state index is -0.371. The molecule has 2 aliphatic rings. The maximum absolute atomic E-state index is 12.5. The Hall–Kier alpha value is -2.77. The summed E-state index contributed by atoms with van der Waals surface area (Å²) < 4.78 is 11.6. The number of nitrogens with zero attached hydrogens (tertiary/aromatic N) is 3. The first-order chi connectivity index (χ1) is 15.1. The van der Waals surface area contributed by atoms with E-state index < -0.39 is 0 Å². The van der Waals surface area contributed by atoms with Gasteiger partial charge in [-0.3, -0.25) is 14.5 Å². The lowest BCUT2D eigenvalue weighted by molar-refractivity contribution is -0.130. The highest BCUT2D eigenvalue weighted by molar-refractivity contribution is 6.11. The largest absolute Gasteiger partial charge is 0.492 e. The van der Waals surface area contributed by atoms with E-state index in [0.29, 0.717) is 30.7 Å². The fourth-order valence-corrected chi connectivity index (χ4v) is 4.63. The van der Waals surface area contributed by atoms with Crippen LogP contribution in [0.25, 0.3) is 21.7 Å². The summed E-state index contributed by atoms with van der Waals surface area (Å²) in [6.07, 6.45) is 0.916. The molecule has 2 fully saturated rings. The molecule has 1 unspecified atom stereocenters. The second kappa shape index (κ2) is 8.40. The first-order valence-corrected chi connectivity index (χ1v) is 11.0. The van der Waals surface area contributed by atoms with E-state index in [2.05, 4.69) is 22.0 Å². The summed E-state index contributed by atoms with van der Waals surface area (Å²) >= 11 is 0. The monoisotopic (exact) mass is 421 g/mol. The molecule has 7 heteroatoms. The van der Waals surface area contributed by atoms with Crippen LogP contribution in [0.5, 0.6) is 5.75 Å². The molecule has 3 aromatic rings. The minimum absolute atomic E-state index is 0.00488. The van der Waals surface area contributed by atoms with Crippen LogP contribution in [0.15, 0.2) is 34.9 Å². The zero-order valence-electron chi connectivity index (χ0n) is 17.8. The smallest absolute Gasteiger partial charge is 0.167 e. The summed E-state index contributed by atoms with van der Waals surface area (Å²) in [5.74, 6) is 0.409. The predicted octanol–water partition coefficient (Wildman–Crippen LogP) is 3.01. The van der Waals surface area contributed by atoms with Crippen molar-refractivity contribution < 1.29 is 18.8 Å². The third-order valence-electron chi connectivity index (χ3n) is 6.53. The van der Waals surface area contributed by atoms with Gasteiger partial charge in [0.15, 0.2) is 5.58 Å². The average Bonchev–Trinajstić information content (AvgIpc) is 3.19. The minimum Gasteiger partial charge on any atom is -0.492 e. The van der Waals surface area contributed by atoms with E-state index in [4.69, 9.17) is 9.26 Å². The fraction of sp³-hybridized carbons (Fsp3) is 0.458. The second-order valence-electron chi connectivity index (χ2n) is 8.66. The molecule has 31 heavy (non-hydrogen) atoms. The molecule has 0 N–H and O–H groups in total. The Morgan fingerprint density at radius 1 is 1.13 bits per heavy atom. The van der Waals surface area contributed by atoms with Gasteiger partial charge >= 0.3 is 0 Å². The SMILES string of the molecule is CN1CCN(CCOc2ccc3c(ccc4onc(C5CCC(=O)CC5=O)c43)c2)CC1. The quantitative estimate of drug-likeness (QED) is 0.586. The molecular formula is C24H27N3O4. The van der Waals surface area contributed by atoms with Crippen molar-refractivity contribution in [2.45, 2.75) is 25.2 Å². The van der Waals surface area contributed by atoms with Crippen molar-refractivity contribution in [1.29, 1.82) is 0 Å². The van der Waals surface area contributed by atoms with Crippen molar-refractivity contribution in [3.05, 3.63) is 36.0 Å². The second-order valence-corrected chi connectivity index (χ2v) is 8.66. The Morgan fingerprint density at radius 2 is 1.97 bits per heavy atom. The van der Waals surface area contributed by atoms with Gasteiger partial charge in [0.1, 0.15) is 29.6 Å². The van der Waals surface area contributed by atoms with Crippen molar-refractivity contribution in [3.63, 3.8) is 0 Å². The zero-order valence-corrected chi connectivity index (χ0v) is 17.8. The highest BCUT2D eigenvalue weighted by Crippen LogP contribution is 2.37. The molecule has 1 aromatic heterocycles. The number of fused-ring (bicyclic) bond motifs is 3. The Kier molecular flexibility index (Phi) is 5.46. The summed E-state index contributed by atoms with van der Waals surface area (Å²) in [4.78, 5) is 28.9. The molecule has 0 spiro atoms. The van der Waals surface area contributed by atoms with Crippen LogP contribution in [0, 0.1) is 0 Å². The fourth-order valence-electron chi connectivity index (χ4n) is 4.63. The molecule has 1 aliphatic carbocycles. The van der Waals surface area contributed by atoms with Crippen molar-refractivity contribution in [2.24, 2.45) is 0 Å². The highest BCUT2D eigenvalue weighted by Gasteiger charge is 2.32. The molecule has 162 valence electrons. The molecule has 2 aromatic carbocycles. The standard InChI is InChI=1S/C24H27N3O4/c1-26-8-10-27(11-9-26)12-13-30-18-4-6-19-16(14-18)2-7-22-23(19)24(25-31-22)20-5-3-17(28)15-21(20)29/h2,4,6-7,14,20H,3,5,8-13,15H2,1H3. The predicted molar refractivity (Wildman–Crippen MR) is 118 cm³/mol. The van der Waals surface area contributed by atoms with Crippen LogP contribution < -0.4 is 4.74 Å². The molecule has 7 nitrogen and oxygen atoms in total. The number of benzene rings is 2. The Bertz CT molecular complexity index is 1130. The lowest BCUT2D eigenvalue weighted by Crippen LogP contribution is -2.45. The summed E-state index contributed by atoms with van der Waals surface area (Å²) in [7, 11) is 2.16. The van der Waals surface area contributed by atoms with Crippen LogP contribution in [0.4, 0.5) is 0 Å². The molecule has 5 rings (SSSR count). The number of carbonyl (C=O) groups excluding carboxylic acids is 2. The molecule has 1 atom stereocenters. The highest BCUT2D eigenvalue weighted by atomic mass is 16.5. The van der Waals surface area contributed by atoms with Gasteiger partial charge in [-0.15, -0.1) is 0 Å². The molecule has 1 saturated carbocycles. The van der Waals surface area contributed by atoms with E-state index in [9.17, 15) is 9.59 Å². The molecule has 1 aliphatic heterocycles. The van der Waals surface area contributed by atoms with Gasteiger partial charge in [0.05, 0.1) is 17.7 Å². The van der Waals surface area contributed by atoms with Gasteiger partial charge in [-0.1, -0.05) is 11.2 Å². The first-order valence-electron chi connectivity index (χ1n) is 11.0. The topological polar surface area (TPSA) is 75.9 Å². The van der Waals surface area contributed by atoms with E-state index in [1.54, 1.807) is 0 Å². The maximum Gasteiger partial charge on any atom is 0.167 e. The molecule has 0 radical (unpaired) electrons. The van der Waals surface area contributed by atoms with Crippen LogP contribution >= 0.6 is 0 Å². The normalized spacial score (nSPS) is 21.3. The first kappa shape index (κ1) is 20.2. The van der Waals surface area contributed by atoms with Crippen molar-refractivity contribution in [1.82, 2.24) is 15.0 Å². The number of piperazine rings is 1. The Balaban J connectivity index is 1.35. The van der Waals surface area contributed by atoms with E-state index >= 15 is 0 Å². The van der Waals surface area contributed by atoms with Crippen molar-refractivity contribution >= 4 is 33.3 Å². The van der Waals surface area contributed by atoms with Crippen LogP contribution in [0.1, 0.15) is 30.9 Å². The summed E-state index contributed by atoms with van der Waals surface area (Å²) in [6, 6.07) is 9.89. The van der Waals surface area contributed by atoms with Crippen LogP contribution in [-0.4, -0.2) is 72.9 Å². The average molecular weight is 421 g/mol. The Labute approximate surface area is 180 Å². The third kappa shape index (κ3) is 4.07. The van der Waals surface area contributed by atoms with Gasteiger partial charge in [0.2, 0.25) is 0 Å². The van der Waals surface area contributed by atoms with Gasteiger partial charge in [-0.25, -0.2) is 0 Å². The van der Waals surface area contributed by atoms with Gasteiger partial charge in [-0.2, -0.15) is 0 Å². The third-order valence-corrected chi connectivity index (χ3v) is 6.53. The molecule has 0 bridgehead atoms. The summed E-state index contributed by atoms with van der Waals surface area (Å²) in [5, 5.41) is 7.11. The van der Waals surface area contributed by atoms with Gasteiger partial charge < -0.3 is 14.2 Å². The van der Waals surface area contributed by atoms with Crippen molar-refractivity contribution in [2.75, 3.05) is 46.4 Å². The number of carbonyl (C=O) groups is 2. The summed E-state index contributed by atoms with van der Waals surface area (Å²) in [5.41, 5.74) is 1.32. The van der Waals surface area contributed by atoms with Crippen molar-refractivity contribution in [3.8, 4) is 5.75 Å². The number of Topliss-reactive ketones (excluding diaryl/α,β-unsaturated/α-hetero) is 2. The van der Waals surface area contributed by atoms with Gasteiger partial charge in [0, 0.05) is 39.1 Å². The van der Waals surface area contributed by atoms with E-state index in [1.165, 1.54) is 0 Å². The number of rotatable bonds is 5. The molecule has 1 saturated heterocycles. The van der Waals surface area contributed by atoms with Gasteiger partial charge in [0.25, 0.3) is 0 Å². The number of hydrogen-bond donors (Lipinski definition) is 0. The number of ether oxygens (including phenoxy) is 1. The number of hydrogen-bond acceptors (Lipinski definition) is 7. The molecule has 2 heterocycles. The van der Waals surface area contributed by atoms with Gasteiger partial charge in [-0.05, 0) is 48.5 Å². The number of likely N-dealkylation sites (N-methyl/N-ethyl adjacent to an activating group) is 1. The van der Waals surface area contributed by atoms with Crippen LogP contribution in [-0.2, 0) is 9.59 Å². The molecular weight excluding hydrogens is 394 g/mol.